The number of nitrogens with zero attached hydrogens (tertiary/aromatic N) is 3. The van der Waals surface area contributed by atoms with Crippen molar-refractivity contribution in [1.29, 1.82) is 0 Å². The van der Waals surface area contributed by atoms with Crippen LogP contribution in [-0.4, -0.2) is 9.55 Å². The van der Waals surface area contributed by atoms with Crippen LogP contribution < -0.4 is 4.57 Å². The molecule has 0 bridgehead atoms. The van der Waals surface area contributed by atoms with Crippen LogP contribution in [0.1, 0.15) is 5.56 Å². The first kappa shape index (κ1) is 10.6. The fraction of sp³-hybridized carbons (Fsp3) is 0.125. The highest BCUT2D eigenvalue weighted by Crippen LogP contribution is 2.39. The van der Waals surface area contributed by atoms with E-state index >= 15 is 0 Å². The largest absolute Gasteiger partial charge is 0.301 e. The standard InChI is InChI=1S/C16H12N3S/c1-18-13-8-17-7-6-12(13)14-15(18)19-9-10-4-2-3-5-11(10)16(19)20-14/h2-8H,9H2,1H3/q+1. The zero-order chi connectivity index (χ0) is 13.3. The van der Waals surface area contributed by atoms with Crippen LogP contribution in [0.3, 0.4) is 0 Å². The molecule has 1 aliphatic rings. The first-order valence-electron chi connectivity index (χ1n) is 6.67. The SMILES string of the molecule is Cn1c2cnccc2c2sc3[n+](c21)Cc1ccccc1-3. The first-order chi connectivity index (χ1) is 9.84. The molecule has 3 nitrogen and oxygen atoms in total. The average molecular weight is 278 g/mol. The molecule has 0 amide bonds. The van der Waals surface area contributed by atoms with Gasteiger partial charge in [-0.1, -0.05) is 29.5 Å². The molecule has 5 rings (SSSR count). The Hall–Kier alpha value is -2.20. The Bertz CT molecular complexity index is 994. The minimum atomic E-state index is 0.975. The van der Waals surface area contributed by atoms with Gasteiger partial charge in [-0.2, -0.15) is 0 Å². The smallest absolute Gasteiger partial charge is 0.260 e. The Labute approximate surface area is 119 Å². The van der Waals surface area contributed by atoms with Gasteiger partial charge < -0.3 is 0 Å². The quantitative estimate of drug-likeness (QED) is 0.399. The highest BCUT2D eigenvalue weighted by Gasteiger charge is 2.31. The van der Waals surface area contributed by atoms with E-state index in [-0.39, 0.29) is 0 Å². The summed E-state index contributed by atoms with van der Waals surface area (Å²) in [6.07, 6.45) is 3.84. The maximum atomic E-state index is 4.26. The molecule has 4 heterocycles. The van der Waals surface area contributed by atoms with Crippen molar-refractivity contribution in [2.75, 3.05) is 0 Å². The molecule has 0 fully saturated rings. The predicted molar refractivity (Wildman–Crippen MR) is 80.8 cm³/mol. The zero-order valence-electron chi connectivity index (χ0n) is 11.0. The molecule has 4 aromatic rings. The highest BCUT2D eigenvalue weighted by atomic mass is 32.1. The minimum Gasteiger partial charge on any atom is -0.260 e. The Morgan fingerprint density at radius 3 is 3.10 bits per heavy atom. The summed E-state index contributed by atoms with van der Waals surface area (Å²) in [6, 6.07) is 10.8. The van der Waals surface area contributed by atoms with E-state index < -0.39 is 0 Å². The van der Waals surface area contributed by atoms with Gasteiger partial charge in [0.1, 0.15) is 11.2 Å². The summed E-state index contributed by atoms with van der Waals surface area (Å²) < 4.78 is 6.07. The van der Waals surface area contributed by atoms with Gasteiger partial charge in [-0.05, 0) is 12.1 Å². The molecule has 20 heavy (non-hydrogen) atoms. The second kappa shape index (κ2) is 3.46. The fourth-order valence-electron chi connectivity index (χ4n) is 3.27. The summed E-state index contributed by atoms with van der Waals surface area (Å²) in [5.41, 5.74) is 5.32. The van der Waals surface area contributed by atoms with Crippen LogP contribution in [0.15, 0.2) is 42.7 Å². The van der Waals surface area contributed by atoms with Gasteiger partial charge in [0.05, 0.1) is 18.6 Å². The van der Waals surface area contributed by atoms with Crippen molar-refractivity contribution in [2.24, 2.45) is 7.05 Å². The van der Waals surface area contributed by atoms with E-state index in [2.05, 4.69) is 51.5 Å². The Morgan fingerprint density at radius 2 is 2.15 bits per heavy atom. The molecule has 0 atom stereocenters. The molecular weight excluding hydrogens is 266 g/mol. The Morgan fingerprint density at radius 1 is 1.25 bits per heavy atom. The number of benzene rings is 1. The molecule has 0 aliphatic carbocycles. The third kappa shape index (κ3) is 1.11. The van der Waals surface area contributed by atoms with E-state index in [4.69, 9.17) is 0 Å². The first-order valence-corrected chi connectivity index (χ1v) is 7.49. The summed E-state index contributed by atoms with van der Waals surface area (Å²) in [5, 5.41) is 2.68. The van der Waals surface area contributed by atoms with Crippen molar-refractivity contribution < 1.29 is 4.57 Å². The van der Waals surface area contributed by atoms with Crippen molar-refractivity contribution in [3.05, 3.63) is 48.3 Å². The molecule has 0 N–H and O–H groups in total. The summed E-state index contributed by atoms with van der Waals surface area (Å²) in [6.45, 7) is 0.975. The van der Waals surface area contributed by atoms with Gasteiger partial charge in [0, 0.05) is 17.3 Å². The maximum absolute atomic E-state index is 4.26. The van der Waals surface area contributed by atoms with Crippen molar-refractivity contribution >= 4 is 32.6 Å². The van der Waals surface area contributed by atoms with E-state index in [0.717, 1.165) is 6.54 Å². The maximum Gasteiger partial charge on any atom is 0.301 e. The molecule has 0 saturated heterocycles. The summed E-state index contributed by atoms with van der Waals surface area (Å²) in [7, 11) is 2.13. The molecule has 96 valence electrons. The molecule has 0 saturated carbocycles. The molecule has 0 radical (unpaired) electrons. The van der Waals surface area contributed by atoms with Gasteiger partial charge in [0.15, 0.2) is 10.5 Å². The second-order valence-corrected chi connectivity index (χ2v) is 6.25. The second-order valence-electron chi connectivity index (χ2n) is 5.26. The number of fused-ring (bicyclic) bond motifs is 7. The van der Waals surface area contributed by atoms with Crippen LogP contribution in [-0.2, 0) is 13.6 Å². The predicted octanol–water partition coefficient (Wildman–Crippen LogP) is 3.10. The van der Waals surface area contributed by atoms with Crippen molar-refractivity contribution in [3.8, 4) is 10.6 Å². The molecule has 3 aromatic heterocycles. The molecule has 0 spiro atoms. The van der Waals surface area contributed by atoms with Gasteiger partial charge in [0.2, 0.25) is 0 Å². The van der Waals surface area contributed by atoms with Crippen LogP contribution >= 0.6 is 11.3 Å². The van der Waals surface area contributed by atoms with Crippen molar-refractivity contribution in [3.63, 3.8) is 0 Å². The van der Waals surface area contributed by atoms with E-state index in [1.165, 1.54) is 37.4 Å². The number of thiazole rings is 1. The van der Waals surface area contributed by atoms with Gasteiger partial charge in [-0.25, -0.2) is 9.13 Å². The number of aryl methyl sites for hydroxylation is 1. The lowest BCUT2D eigenvalue weighted by Crippen LogP contribution is -2.32. The number of rotatable bonds is 0. The summed E-state index contributed by atoms with van der Waals surface area (Å²) in [4.78, 5) is 4.26. The van der Waals surface area contributed by atoms with Crippen LogP contribution in [0.2, 0.25) is 0 Å². The van der Waals surface area contributed by atoms with E-state index in [1.807, 2.05) is 23.7 Å². The van der Waals surface area contributed by atoms with Crippen LogP contribution in [0.4, 0.5) is 0 Å². The van der Waals surface area contributed by atoms with Crippen LogP contribution in [0, 0.1) is 0 Å². The lowest BCUT2D eigenvalue weighted by atomic mass is 10.1. The molecule has 1 aromatic carbocycles. The third-order valence-electron chi connectivity index (χ3n) is 4.20. The summed E-state index contributed by atoms with van der Waals surface area (Å²) >= 11 is 1.89. The van der Waals surface area contributed by atoms with E-state index in [1.54, 1.807) is 0 Å². The van der Waals surface area contributed by atoms with Gasteiger partial charge in [-0.15, -0.1) is 0 Å². The number of pyridine rings is 1. The number of aromatic nitrogens is 3. The zero-order valence-corrected chi connectivity index (χ0v) is 11.8. The lowest BCUT2D eigenvalue weighted by molar-refractivity contribution is -0.644. The van der Waals surface area contributed by atoms with E-state index in [9.17, 15) is 0 Å². The molecule has 4 heteroatoms. The van der Waals surface area contributed by atoms with Crippen molar-refractivity contribution in [2.45, 2.75) is 6.54 Å². The molecular formula is C16H12N3S+. The monoisotopic (exact) mass is 278 g/mol. The lowest BCUT2D eigenvalue weighted by Gasteiger charge is -1.93. The molecule has 1 aliphatic heterocycles. The minimum absolute atomic E-state index is 0.975. The fourth-order valence-corrected chi connectivity index (χ4v) is 4.65. The Balaban J connectivity index is 1.97. The van der Waals surface area contributed by atoms with Gasteiger partial charge in [0.25, 0.3) is 0 Å². The third-order valence-corrected chi connectivity index (χ3v) is 5.44. The number of hydrogen-bond donors (Lipinski definition) is 0. The van der Waals surface area contributed by atoms with E-state index in [0.29, 0.717) is 0 Å². The highest BCUT2D eigenvalue weighted by molar-refractivity contribution is 7.22. The van der Waals surface area contributed by atoms with Gasteiger partial charge in [-0.3, -0.25) is 4.98 Å². The topological polar surface area (TPSA) is 21.7 Å². The van der Waals surface area contributed by atoms with Crippen LogP contribution in [0.25, 0.3) is 31.8 Å². The number of hydrogen-bond acceptors (Lipinski definition) is 2. The Kier molecular flexibility index (Phi) is 1.83. The van der Waals surface area contributed by atoms with Crippen LogP contribution in [0.5, 0.6) is 0 Å². The summed E-state index contributed by atoms with van der Waals surface area (Å²) in [5.74, 6) is 0. The normalized spacial score (nSPS) is 13.1. The molecule has 0 unspecified atom stereocenters. The van der Waals surface area contributed by atoms with Crippen molar-refractivity contribution in [1.82, 2.24) is 9.55 Å². The van der Waals surface area contributed by atoms with Gasteiger partial charge >= 0.3 is 5.65 Å². The average Bonchev–Trinajstić information content (AvgIpc) is 3.09.